The van der Waals surface area contributed by atoms with Crippen LogP contribution in [0.1, 0.15) is 65.7 Å². The number of ether oxygens (including phenoxy) is 1. The summed E-state index contributed by atoms with van der Waals surface area (Å²) in [5, 5.41) is 0. The smallest absolute Gasteiger partial charge is 0.333 e. The molecule has 4 atom stereocenters. The largest absolute Gasteiger partial charge is 0.455 e. The van der Waals surface area contributed by atoms with Gasteiger partial charge in [-0.25, -0.2) is 4.79 Å². The monoisotopic (exact) mass is 264 g/mol. The summed E-state index contributed by atoms with van der Waals surface area (Å²) in [5.74, 6) is 2.06. The Morgan fingerprint density at radius 1 is 1.32 bits per heavy atom. The second kappa shape index (κ2) is 5.68. The van der Waals surface area contributed by atoms with Crippen LogP contribution < -0.4 is 0 Å². The molecule has 2 bridgehead atoms. The van der Waals surface area contributed by atoms with Crippen LogP contribution in [0.4, 0.5) is 0 Å². The van der Waals surface area contributed by atoms with Crippen LogP contribution in [0, 0.1) is 17.8 Å². The fourth-order valence-electron chi connectivity index (χ4n) is 4.41. The Morgan fingerprint density at radius 2 is 2.05 bits per heavy atom. The average molecular weight is 264 g/mol. The van der Waals surface area contributed by atoms with E-state index in [1.54, 1.807) is 6.92 Å². The second-order valence-corrected chi connectivity index (χ2v) is 6.62. The maximum atomic E-state index is 12.0. The van der Waals surface area contributed by atoms with E-state index >= 15 is 0 Å². The van der Waals surface area contributed by atoms with E-state index in [1.807, 2.05) is 0 Å². The zero-order chi connectivity index (χ0) is 14.0. The van der Waals surface area contributed by atoms with Crippen molar-refractivity contribution in [2.24, 2.45) is 17.8 Å². The highest BCUT2D eigenvalue weighted by molar-refractivity contribution is 5.87. The fourth-order valence-corrected chi connectivity index (χ4v) is 4.41. The number of esters is 1. The van der Waals surface area contributed by atoms with Gasteiger partial charge in [-0.2, -0.15) is 0 Å². The lowest BCUT2D eigenvalue weighted by atomic mass is 9.72. The van der Waals surface area contributed by atoms with Crippen LogP contribution in [0.5, 0.6) is 0 Å². The Hall–Kier alpha value is -0.790. The standard InChI is InChI=1S/C17H28O2/c1-5-9-17(6-2,19-16(18)12(3)4)15-11-13-7-8-14(15)10-13/h13-15H,3,5-11H2,1-2,4H3. The molecule has 108 valence electrons. The van der Waals surface area contributed by atoms with Crippen molar-refractivity contribution < 1.29 is 9.53 Å². The topological polar surface area (TPSA) is 26.3 Å². The Kier molecular flexibility index (Phi) is 4.37. The molecule has 2 aliphatic rings. The van der Waals surface area contributed by atoms with Gasteiger partial charge in [0, 0.05) is 11.5 Å². The highest BCUT2D eigenvalue weighted by atomic mass is 16.6. The lowest BCUT2D eigenvalue weighted by Crippen LogP contribution is -2.44. The minimum absolute atomic E-state index is 0.196. The molecular weight excluding hydrogens is 236 g/mol. The quantitative estimate of drug-likeness (QED) is 0.522. The molecule has 0 radical (unpaired) electrons. The first-order valence-electron chi connectivity index (χ1n) is 7.91. The number of hydrogen-bond acceptors (Lipinski definition) is 2. The number of fused-ring (bicyclic) bond motifs is 2. The van der Waals surface area contributed by atoms with Crippen molar-refractivity contribution in [3.05, 3.63) is 12.2 Å². The molecule has 0 aromatic carbocycles. The van der Waals surface area contributed by atoms with Crippen molar-refractivity contribution in [2.45, 2.75) is 71.3 Å². The van der Waals surface area contributed by atoms with Crippen molar-refractivity contribution >= 4 is 5.97 Å². The van der Waals surface area contributed by atoms with Gasteiger partial charge in [-0.15, -0.1) is 0 Å². The summed E-state index contributed by atoms with van der Waals surface area (Å²) in [4.78, 5) is 12.0. The molecule has 4 unspecified atom stereocenters. The second-order valence-electron chi connectivity index (χ2n) is 6.62. The number of carbonyl (C=O) groups excluding carboxylic acids is 1. The van der Waals surface area contributed by atoms with Crippen LogP contribution in [-0.4, -0.2) is 11.6 Å². The Labute approximate surface area is 117 Å². The summed E-state index contributed by atoms with van der Waals surface area (Å²) >= 11 is 0. The van der Waals surface area contributed by atoms with E-state index in [4.69, 9.17) is 4.74 Å². The molecule has 2 rings (SSSR count). The van der Waals surface area contributed by atoms with Gasteiger partial charge < -0.3 is 4.74 Å². The van der Waals surface area contributed by atoms with Crippen molar-refractivity contribution in [3.8, 4) is 0 Å². The van der Waals surface area contributed by atoms with Gasteiger partial charge in [-0.05, 0) is 50.9 Å². The lowest BCUT2D eigenvalue weighted by molar-refractivity contribution is -0.166. The van der Waals surface area contributed by atoms with Gasteiger partial charge >= 0.3 is 5.97 Å². The molecule has 0 saturated heterocycles. The highest BCUT2D eigenvalue weighted by Gasteiger charge is 2.51. The summed E-state index contributed by atoms with van der Waals surface area (Å²) < 4.78 is 5.99. The molecular formula is C17H28O2. The molecule has 2 saturated carbocycles. The summed E-state index contributed by atoms with van der Waals surface area (Å²) in [7, 11) is 0. The average Bonchev–Trinajstić information content (AvgIpc) is 3.00. The van der Waals surface area contributed by atoms with Gasteiger partial charge in [-0.3, -0.25) is 0 Å². The molecule has 0 N–H and O–H groups in total. The van der Waals surface area contributed by atoms with Crippen LogP contribution in [-0.2, 0) is 9.53 Å². The molecule has 2 heteroatoms. The summed E-state index contributed by atoms with van der Waals surface area (Å²) in [5.41, 5.74) is 0.294. The van der Waals surface area contributed by atoms with E-state index in [2.05, 4.69) is 20.4 Å². The zero-order valence-corrected chi connectivity index (χ0v) is 12.7. The van der Waals surface area contributed by atoms with Crippen LogP contribution in [0.2, 0.25) is 0 Å². The van der Waals surface area contributed by atoms with E-state index in [0.717, 1.165) is 31.1 Å². The van der Waals surface area contributed by atoms with Gasteiger partial charge in [0.05, 0.1) is 0 Å². The normalized spacial score (nSPS) is 32.1. The van der Waals surface area contributed by atoms with Crippen LogP contribution in [0.25, 0.3) is 0 Å². The summed E-state index contributed by atoms with van der Waals surface area (Å²) in [6.07, 6.45) is 8.37. The summed E-state index contributed by atoms with van der Waals surface area (Å²) in [6, 6.07) is 0. The molecule has 0 aromatic rings. The first kappa shape index (κ1) is 14.6. The lowest BCUT2D eigenvalue weighted by Gasteiger charge is -2.42. The predicted octanol–water partition coefficient (Wildman–Crippen LogP) is 4.49. The maximum Gasteiger partial charge on any atom is 0.333 e. The Morgan fingerprint density at radius 3 is 2.47 bits per heavy atom. The van der Waals surface area contributed by atoms with Crippen molar-refractivity contribution in [1.82, 2.24) is 0 Å². The van der Waals surface area contributed by atoms with Crippen LogP contribution in [0.3, 0.4) is 0 Å². The van der Waals surface area contributed by atoms with Gasteiger partial charge in [0.15, 0.2) is 0 Å². The van der Waals surface area contributed by atoms with Crippen molar-refractivity contribution in [3.63, 3.8) is 0 Å². The predicted molar refractivity (Wildman–Crippen MR) is 77.8 cm³/mol. The van der Waals surface area contributed by atoms with E-state index in [9.17, 15) is 4.79 Å². The van der Waals surface area contributed by atoms with E-state index in [-0.39, 0.29) is 11.6 Å². The van der Waals surface area contributed by atoms with Gasteiger partial charge in [0.25, 0.3) is 0 Å². The molecule has 0 aliphatic heterocycles. The Bertz CT molecular complexity index is 360. The third kappa shape index (κ3) is 2.73. The first-order chi connectivity index (χ1) is 9.02. The first-order valence-corrected chi connectivity index (χ1v) is 7.91. The van der Waals surface area contributed by atoms with Crippen LogP contribution >= 0.6 is 0 Å². The summed E-state index contributed by atoms with van der Waals surface area (Å²) in [6.45, 7) is 9.84. The molecule has 2 aliphatic carbocycles. The van der Waals surface area contributed by atoms with Crippen molar-refractivity contribution in [2.75, 3.05) is 0 Å². The van der Waals surface area contributed by atoms with E-state index in [0.29, 0.717) is 11.5 Å². The van der Waals surface area contributed by atoms with Gasteiger partial charge in [-0.1, -0.05) is 33.3 Å². The van der Waals surface area contributed by atoms with E-state index in [1.165, 1.54) is 25.7 Å². The number of hydrogen-bond donors (Lipinski definition) is 0. The SMILES string of the molecule is C=C(C)C(=O)OC(CC)(CCC)C1CC2CCC1C2. The van der Waals surface area contributed by atoms with Gasteiger partial charge in [0.1, 0.15) is 5.60 Å². The zero-order valence-electron chi connectivity index (χ0n) is 12.7. The van der Waals surface area contributed by atoms with E-state index < -0.39 is 0 Å². The third-order valence-corrected chi connectivity index (χ3v) is 5.33. The van der Waals surface area contributed by atoms with Crippen molar-refractivity contribution in [1.29, 1.82) is 0 Å². The molecule has 2 nitrogen and oxygen atoms in total. The third-order valence-electron chi connectivity index (χ3n) is 5.33. The molecule has 0 amide bonds. The molecule has 0 heterocycles. The number of carbonyl (C=O) groups is 1. The van der Waals surface area contributed by atoms with Crippen LogP contribution in [0.15, 0.2) is 12.2 Å². The number of rotatable bonds is 6. The molecule has 0 spiro atoms. The minimum Gasteiger partial charge on any atom is -0.455 e. The maximum absolute atomic E-state index is 12.0. The Balaban J connectivity index is 2.18. The highest BCUT2D eigenvalue weighted by Crippen LogP contribution is 2.55. The molecule has 0 aromatic heterocycles. The minimum atomic E-state index is -0.232. The fraction of sp³-hybridized carbons (Fsp3) is 0.824. The molecule has 2 fully saturated rings. The molecule has 19 heavy (non-hydrogen) atoms. The van der Waals surface area contributed by atoms with Gasteiger partial charge in [0.2, 0.25) is 0 Å².